The molecule has 0 unspecified atom stereocenters. The van der Waals surface area contributed by atoms with Crippen molar-refractivity contribution in [3.8, 4) is 0 Å². The Labute approximate surface area is 132 Å². The summed E-state index contributed by atoms with van der Waals surface area (Å²) >= 11 is 0. The van der Waals surface area contributed by atoms with E-state index in [1.807, 2.05) is 12.2 Å². The highest BCUT2D eigenvalue weighted by Gasteiger charge is 2.61. The van der Waals surface area contributed by atoms with E-state index in [1.165, 1.54) is 0 Å². The minimum atomic E-state index is -0.543. The molecule has 0 radical (unpaired) electrons. The van der Waals surface area contributed by atoms with Gasteiger partial charge in [-0.05, 0) is 19.1 Å². The summed E-state index contributed by atoms with van der Waals surface area (Å²) in [5.41, 5.74) is 0.506. The van der Waals surface area contributed by atoms with Crippen molar-refractivity contribution in [3.63, 3.8) is 0 Å². The average molecular weight is 313 g/mol. The molecule has 1 aromatic rings. The van der Waals surface area contributed by atoms with Crippen LogP contribution in [-0.2, 0) is 19.1 Å². The zero-order valence-corrected chi connectivity index (χ0v) is 12.5. The average Bonchev–Trinajstić information content (AvgIpc) is 3.22. The van der Waals surface area contributed by atoms with Crippen LogP contribution in [0.1, 0.15) is 17.3 Å². The summed E-state index contributed by atoms with van der Waals surface area (Å²) in [6.07, 6.45) is 2.97. The van der Waals surface area contributed by atoms with E-state index in [0.29, 0.717) is 0 Å². The molecule has 0 spiro atoms. The van der Waals surface area contributed by atoms with E-state index in [1.54, 1.807) is 31.2 Å². The predicted molar refractivity (Wildman–Crippen MR) is 79.7 cm³/mol. The Kier molecular flexibility index (Phi) is 3.09. The van der Waals surface area contributed by atoms with Gasteiger partial charge in [-0.2, -0.15) is 0 Å². The van der Waals surface area contributed by atoms with Crippen molar-refractivity contribution >= 4 is 23.5 Å². The molecule has 0 aliphatic carbocycles. The fourth-order valence-electron chi connectivity index (χ4n) is 3.59. The van der Waals surface area contributed by atoms with Gasteiger partial charge >= 0.3 is 5.97 Å². The van der Waals surface area contributed by atoms with Gasteiger partial charge in [0, 0.05) is 0 Å². The van der Waals surface area contributed by atoms with E-state index < -0.39 is 17.8 Å². The van der Waals surface area contributed by atoms with Gasteiger partial charge in [-0.1, -0.05) is 24.3 Å². The summed E-state index contributed by atoms with van der Waals surface area (Å²) in [5.74, 6) is -2.15. The van der Waals surface area contributed by atoms with E-state index in [0.717, 1.165) is 4.90 Å². The zero-order valence-electron chi connectivity index (χ0n) is 12.5. The lowest BCUT2D eigenvalue weighted by molar-refractivity contribution is -0.124. The van der Waals surface area contributed by atoms with Gasteiger partial charge in [0.05, 0.1) is 41.9 Å². The van der Waals surface area contributed by atoms with Gasteiger partial charge in [0.2, 0.25) is 11.8 Å². The van der Waals surface area contributed by atoms with Crippen LogP contribution >= 0.6 is 0 Å². The number of esters is 1. The summed E-state index contributed by atoms with van der Waals surface area (Å²) < 4.78 is 10.6. The maximum atomic E-state index is 12.8. The predicted octanol–water partition coefficient (Wildman–Crippen LogP) is 1.31. The maximum Gasteiger partial charge on any atom is 0.340 e. The van der Waals surface area contributed by atoms with Gasteiger partial charge in [0.1, 0.15) is 0 Å². The summed E-state index contributed by atoms with van der Waals surface area (Å²) in [6.45, 7) is 1.93. The van der Waals surface area contributed by atoms with Crippen LogP contribution in [0.25, 0.3) is 0 Å². The Hall–Kier alpha value is -2.47. The van der Waals surface area contributed by atoms with Crippen molar-refractivity contribution in [2.75, 3.05) is 11.5 Å². The number of amides is 2. The monoisotopic (exact) mass is 313 g/mol. The van der Waals surface area contributed by atoms with E-state index in [9.17, 15) is 14.4 Å². The minimum Gasteiger partial charge on any atom is -0.462 e. The molecule has 6 nitrogen and oxygen atoms in total. The smallest absolute Gasteiger partial charge is 0.340 e. The number of rotatable bonds is 3. The number of hydrogen-bond acceptors (Lipinski definition) is 5. The molecule has 118 valence electrons. The summed E-state index contributed by atoms with van der Waals surface area (Å²) in [7, 11) is 0. The molecular weight excluding hydrogens is 298 g/mol. The molecule has 4 atom stereocenters. The van der Waals surface area contributed by atoms with Crippen LogP contribution in [0.5, 0.6) is 0 Å². The summed E-state index contributed by atoms with van der Waals surface area (Å²) in [6, 6.07) is 6.52. The number of anilines is 1. The van der Waals surface area contributed by atoms with Crippen molar-refractivity contribution in [1.29, 1.82) is 0 Å². The lowest BCUT2D eigenvalue weighted by Gasteiger charge is -2.20. The van der Waals surface area contributed by atoms with Crippen LogP contribution < -0.4 is 4.90 Å². The molecule has 4 rings (SSSR count). The number of fused-ring (bicyclic) bond motifs is 5. The van der Waals surface area contributed by atoms with Crippen molar-refractivity contribution in [3.05, 3.63) is 42.0 Å². The molecule has 2 amide bonds. The van der Waals surface area contributed by atoms with Crippen LogP contribution in [-0.4, -0.2) is 36.6 Å². The number of carbonyl (C=O) groups is 3. The SMILES string of the molecule is CCOC(=O)c1ccccc1N1C(=O)[C@@H]2[C@@H](C1=O)[C@H]1C=C[C@@H]2O1. The molecule has 2 bridgehead atoms. The zero-order chi connectivity index (χ0) is 16.1. The Morgan fingerprint density at radius 1 is 1.13 bits per heavy atom. The molecule has 6 heteroatoms. The molecule has 3 heterocycles. The molecule has 0 saturated carbocycles. The third kappa shape index (κ3) is 1.88. The van der Waals surface area contributed by atoms with E-state index in [4.69, 9.17) is 9.47 Å². The lowest BCUT2D eigenvalue weighted by atomic mass is 9.85. The second kappa shape index (κ2) is 5.03. The number of para-hydroxylation sites is 1. The number of benzene rings is 1. The number of ether oxygens (including phenoxy) is 2. The Morgan fingerprint density at radius 2 is 1.74 bits per heavy atom. The molecule has 2 fully saturated rings. The third-order valence-corrected chi connectivity index (χ3v) is 4.55. The van der Waals surface area contributed by atoms with Crippen molar-refractivity contribution in [2.24, 2.45) is 11.8 Å². The summed E-state index contributed by atoms with van der Waals surface area (Å²) in [4.78, 5) is 38.8. The minimum absolute atomic E-state index is 0.220. The van der Waals surface area contributed by atoms with Crippen molar-refractivity contribution in [2.45, 2.75) is 19.1 Å². The van der Waals surface area contributed by atoms with Crippen LogP contribution in [0.4, 0.5) is 5.69 Å². The highest BCUT2D eigenvalue weighted by molar-refractivity contribution is 6.24. The first-order valence-corrected chi connectivity index (χ1v) is 7.61. The molecule has 3 aliphatic heterocycles. The van der Waals surface area contributed by atoms with Gasteiger partial charge in [-0.25, -0.2) is 9.69 Å². The molecule has 2 saturated heterocycles. The van der Waals surface area contributed by atoms with Crippen LogP contribution in [0.2, 0.25) is 0 Å². The maximum absolute atomic E-state index is 12.8. The van der Waals surface area contributed by atoms with E-state index in [-0.39, 0.29) is 41.9 Å². The normalized spacial score (nSPS) is 30.9. The number of nitrogens with zero attached hydrogens (tertiary/aromatic N) is 1. The molecule has 3 aliphatic rings. The van der Waals surface area contributed by atoms with Crippen LogP contribution in [0, 0.1) is 11.8 Å². The van der Waals surface area contributed by atoms with E-state index >= 15 is 0 Å². The van der Waals surface area contributed by atoms with Gasteiger partial charge in [0.25, 0.3) is 0 Å². The first-order valence-electron chi connectivity index (χ1n) is 7.61. The fourth-order valence-corrected chi connectivity index (χ4v) is 3.59. The number of imide groups is 1. The molecule has 1 aromatic carbocycles. The fraction of sp³-hybridized carbons (Fsp3) is 0.353. The first kappa shape index (κ1) is 14.1. The van der Waals surface area contributed by atoms with Gasteiger partial charge < -0.3 is 9.47 Å². The second-order valence-corrected chi connectivity index (χ2v) is 5.75. The van der Waals surface area contributed by atoms with Crippen molar-refractivity contribution < 1.29 is 23.9 Å². The lowest BCUT2D eigenvalue weighted by Crippen LogP contribution is -2.35. The van der Waals surface area contributed by atoms with Gasteiger partial charge in [0.15, 0.2) is 0 Å². The highest BCUT2D eigenvalue weighted by atomic mass is 16.5. The standard InChI is InChI=1S/C17H15NO5/c1-2-22-17(21)9-5-3-4-6-10(9)18-15(19)13-11-7-8-12(23-11)14(13)16(18)20/h3-8,11-14H,2H2,1H3/t11-,12+,13-,14-/m0/s1. The largest absolute Gasteiger partial charge is 0.462 e. The molecule has 0 aromatic heterocycles. The molecule has 23 heavy (non-hydrogen) atoms. The van der Waals surface area contributed by atoms with E-state index in [2.05, 4.69) is 0 Å². The quantitative estimate of drug-likeness (QED) is 0.478. The highest BCUT2D eigenvalue weighted by Crippen LogP contribution is 2.46. The number of carbonyl (C=O) groups excluding carboxylic acids is 3. The Balaban J connectivity index is 1.74. The Bertz CT molecular complexity index is 710. The molecule has 0 N–H and O–H groups in total. The third-order valence-electron chi connectivity index (χ3n) is 4.55. The van der Waals surface area contributed by atoms with Crippen LogP contribution in [0.15, 0.2) is 36.4 Å². The molecular formula is C17H15NO5. The van der Waals surface area contributed by atoms with Gasteiger partial charge in [-0.15, -0.1) is 0 Å². The second-order valence-electron chi connectivity index (χ2n) is 5.75. The Morgan fingerprint density at radius 3 is 2.35 bits per heavy atom. The van der Waals surface area contributed by atoms with Crippen LogP contribution in [0.3, 0.4) is 0 Å². The van der Waals surface area contributed by atoms with Crippen molar-refractivity contribution in [1.82, 2.24) is 0 Å². The topological polar surface area (TPSA) is 72.9 Å². The first-order chi connectivity index (χ1) is 11.1. The number of hydrogen-bond donors (Lipinski definition) is 0. The van der Waals surface area contributed by atoms with Gasteiger partial charge in [-0.3, -0.25) is 9.59 Å². The summed E-state index contributed by atoms with van der Waals surface area (Å²) in [5, 5.41) is 0.